The number of ether oxygens (including phenoxy) is 1. The molecule has 6 heteroatoms. The summed E-state index contributed by atoms with van der Waals surface area (Å²) in [5.74, 6) is -0.543. The number of anilines is 1. The van der Waals surface area contributed by atoms with Crippen LogP contribution in [0.3, 0.4) is 0 Å². The van der Waals surface area contributed by atoms with Crippen LogP contribution < -0.4 is 5.32 Å². The lowest BCUT2D eigenvalue weighted by Crippen LogP contribution is -2.13. The molecule has 1 amide bonds. The minimum absolute atomic E-state index is 0.0404. The lowest BCUT2D eigenvalue weighted by atomic mass is 9.98. The molecule has 4 aromatic rings. The second kappa shape index (κ2) is 9.02. The quantitative estimate of drug-likeness (QED) is 0.427. The molecule has 1 N–H and O–H groups in total. The van der Waals surface area contributed by atoms with E-state index in [1.165, 1.54) is 13.2 Å². The van der Waals surface area contributed by atoms with Crippen molar-refractivity contribution in [3.05, 3.63) is 102 Å². The molecule has 0 saturated heterocycles. The first-order chi connectivity index (χ1) is 15.6. The van der Waals surface area contributed by atoms with Crippen LogP contribution in [0.2, 0.25) is 0 Å². The molecule has 4 rings (SSSR count). The third kappa shape index (κ3) is 4.00. The van der Waals surface area contributed by atoms with Crippen molar-refractivity contribution in [1.82, 2.24) is 0 Å². The summed E-state index contributed by atoms with van der Waals surface area (Å²) in [4.78, 5) is 24.7. The van der Waals surface area contributed by atoms with Crippen LogP contribution in [0.1, 0.15) is 26.3 Å². The number of benzene rings is 3. The standard InChI is InChI=1S/C26H18N2O4/c1-31-26(30)20-14-8-13-19(15-20)24(29)28-25-21(16-27)22(17-9-4-2-5-10-17)23(32-25)18-11-6-3-7-12-18/h2-15H,1H3,(H,28,29). The Hall–Kier alpha value is -4.63. The van der Waals surface area contributed by atoms with Crippen molar-refractivity contribution in [2.24, 2.45) is 0 Å². The van der Waals surface area contributed by atoms with Crippen molar-refractivity contribution in [3.63, 3.8) is 0 Å². The lowest BCUT2D eigenvalue weighted by Gasteiger charge is -2.05. The van der Waals surface area contributed by atoms with Crippen molar-refractivity contribution in [1.29, 1.82) is 5.26 Å². The molecule has 0 spiro atoms. The third-order valence-electron chi connectivity index (χ3n) is 4.89. The minimum Gasteiger partial charge on any atom is -0.465 e. The van der Waals surface area contributed by atoms with Gasteiger partial charge in [0, 0.05) is 16.7 Å². The Morgan fingerprint density at radius 1 is 0.875 bits per heavy atom. The fourth-order valence-electron chi connectivity index (χ4n) is 3.38. The van der Waals surface area contributed by atoms with Crippen molar-refractivity contribution in [2.45, 2.75) is 0 Å². The molecule has 0 atom stereocenters. The predicted molar refractivity (Wildman–Crippen MR) is 120 cm³/mol. The first-order valence-corrected chi connectivity index (χ1v) is 9.80. The van der Waals surface area contributed by atoms with E-state index < -0.39 is 11.9 Å². The number of amides is 1. The number of carbonyl (C=O) groups excluding carboxylic acids is 2. The fourth-order valence-corrected chi connectivity index (χ4v) is 3.38. The van der Waals surface area contributed by atoms with E-state index in [0.717, 1.165) is 11.1 Å². The molecular formula is C26H18N2O4. The smallest absolute Gasteiger partial charge is 0.337 e. The summed E-state index contributed by atoms with van der Waals surface area (Å²) in [5.41, 5.74) is 2.85. The van der Waals surface area contributed by atoms with Gasteiger partial charge in [0.25, 0.3) is 5.91 Å². The highest BCUT2D eigenvalue weighted by atomic mass is 16.5. The van der Waals surface area contributed by atoms with Crippen LogP contribution in [-0.4, -0.2) is 19.0 Å². The first kappa shape index (κ1) is 20.6. The zero-order chi connectivity index (χ0) is 22.5. The summed E-state index contributed by atoms with van der Waals surface area (Å²) in [7, 11) is 1.27. The SMILES string of the molecule is COC(=O)c1cccc(C(=O)Nc2oc(-c3ccccc3)c(-c3ccccc3)c2C#N)c1. The number of methoxy groups -OCH3 is 1. The summed E-state index contributed by atoms with van der Waals surface area (Å²) in [6.07, 6.45) is 0. The lowest BCUT2D eigenvalue weighted by molar-refractivity contribution is 0.0600. The van der Waals surface area contributed by atoms with Gasteiger partial charge in [-0.15, -0.1) is 0 Å². The molecule has 0 saturated carbocycles. The number of hydrogen-bond donors (Lipinski definition) is 1. The molecule has 156 valence electrons. The Kier molecular flexibility index (Phi) is 5.82. The maximum absolute atomic E-state index is 12.9. The Morgan fingerprint density at radius 3 is 2.12 bits per heavy atom. The van der Waals surface area contributed by atoms with Crippen LogP contribution in [0.4, 0.5) is 5.88 Å². The molecule has 0 unspecified atom stereocenters. The maximum atomic E-state index is 12.9. The van der Waals surface area contributed by atoms with Crippen LogP contribution in [0, 0.1) is 11.3 Å². The van der Waals surface area contributed by atoms with Crippen LogP contribution in [0.25, 0.3) is 22.5 Å². The zero-order valence-corrected chi connectivity index (χ0v) is 17.2. The van der Waals surface area contributed by atoms with Crippen LogP contribution in [0.5, 0.6) is 0 Å². The normalized spacial score (nSPS) is 10.2. The molecule has 1 heterocycles. The van der Waals surface area contributed by atoms with E-state index >= 15 is 0 Å². The average molecular weight is 422 g/mol. The summed E-state index contributed by atoms with van der Waals surface area (Å²) < 4.78 is 10.7. The Labute approximate surface area is 184 Å². The monoisotopic (exact) mass is 422 g/mol. The van der Waals surface area contributed by atoms with E-state index in [0.29, 0.717) is 11.3 Å². The van der Waals surface area contributed by atoms with Crippen LogP contribution >= 0.6 is 0 Å². The number of nitrogens with one attached hydrogen (secondary N) is 1. The Morgan fingerprint density at radius 2 is 1.50 bits per heavy atom. The molecule has 6 nitrogen and oxygen atoms in total. The largest absolute Gasteiger partial charge is 0.465 e. The number of nitriles is 1. The van der Waals surface area contributed by atoms with E-state index in [4.69, 9.17) is 9.15 Å². The van der Waals surface area contributed by atoms with Gasteiger partial charge >= 0.3 is 5.97 Å². The summed E-state index contributed by atoms with van der Waals surface area (Å²) in [6.45, 7) is 0. The fraction of sp³-hybridized carbons (Fsp3) is 0.0385. The van der Waals surface area contributed by atoms with Gasteiger partial charge in [-0.25, -0.2) is 4.79 Å². The highest BCUT2D eigenvalue weighted by molar-refractivity contribution is 6.06. The van der Waals surface area contributed by atoms with Gasteiger partial charge in [-0.3, -0.25) is 10.1 Å². The van der Waals surface area contributed by atoms with E-state index in [1.54, 1.807) is 18.2 Å². The summed E-state index contributed by atoms with van der Waals surface area (Å²) in [5, 5.41) is 12.6. The van der Waals surface area contributed by atoms with Crippen molar-refractivity contribution in [2.75, 3.05) is 12.4 Å². The minimum atomic E-state index is -0.548. The number of esters is 1. The Balaban J connectivity index is 1.79. The molecule has 0 bridgehead atoms. The van der Waals surface area contributed by atoms with Crippen molar-refractivity contribution in [3.8, 4) is 28.5 Å². The van der Waals surface area contributed by atoms with Crippen LogP contribution in [-0.2, 0) is 4.74 Å². The third-order valence-corrected chi connectivity index (χ3v) is 4.89. The van der Waals surface area contributed by atoms with Gasteiger partial charge in [0.2, 0.25) is 5.88 Å². The maximum Gasteiger partial charge on any atom is 0.337 e. The van der Waals surface area contributed by atoms with Gasteiger partial charge in [0.1, 0.15) is 17.4 Å². The van der Waals surface area contributed by atoms with Gasteiger partial charge < -0.3 is 9.15 Å². The zero-order valence-electron chi connectivity index (χ0n) is 17.2. The molecular weight excluding hydrogens is 404 g/mol. The second-order valence-electron chi connectivity index (χ2n) is 6.88. The van der Waals surface area contributed by atoms with Crippen LogP contribution in [0.15, 0.2) is 89.3 Å². The van der Waals surface area contributed by atoms with Crippen molar-refractivity contribution >= 4 is 17.8 Å². The average Bonchev–Trinajstić information content (AvgIpc) is 3.22. The number of carbonyl (C=O) groups is 2. The van der Waals surface area contributed by atoms with E-state index in [1.807, 2.05) is 60.7 Å². The Bertz CT molecular complexity index is 1320. The first-order valence-electron chi connectivity index (χ1n) is 9.80. The van der Waals surface area contributed by atoms with E-state index in [-0.39, 0.29) is 22.6 Å². The molecule has 0 radical (unpaired) electrons. The highest BCUT2D eigenvalue weighted by Gasteiger charge is 2.24. The molecule has 0 aliphatic rings. The van der Waals surface area contributed by atoms with Gasteiger partial charge in [0.15, 0.2) is 0 Å². The molecule has 0 aliphatic heterocycles. The topological polar surface area (TPSA) is 92.3 Å². The summed E-state index contributed by atoms with van der Waals surface area (Å²) in [6, 6.07) is 27.0. The highest BCUT2D eigenvalue weighted by Crippen LogP contribution is 2.41. The second-order valence-corrected chi connectivity index (χ2v) is 6.88. The number of furan rings is 1. The molecule has 32 heavy (non-hydrogen) atoms. The molecule has 1 aromatic heterocycles. The van der Waals surface area contributed by atoms with E-state index in [9.17, 15) is 14.9 Å². The predicted octanol–water partition coefficient (Wildman–Crippen LogP) is 5.52. The van der Waals surface area contributed by atoms with Gasteiger partial charge in [-0.05, 0) is 23.8 Å². The van der Waals surface area contributed by atoms with E-state index in [2.05, 4.69) is 11.4 Å². The number of nitrogens with zero attached hydrogens (tertiary/aromatic N) is 1. The van der Waals surface area contributed by atoms with Crippen molar-refractivity contribution < 1.29 is 18.7 Å². The van der Waals surface area contributed by atoms with Gasteiger partial charge in [-0.2, -0.15) is 5.26 Å². The summed E-state index contributed by atoms with van der Waals surface area (Å²) >= 11 is 0. The number of rotatable bonds is 5. The van der Waals surface area contributed by atoms with Gasteiger partial charge in [-0.1, -0.05) is 66.7 Å². The molecule has 0 fully saturated rings. The number of hydrogen-bond acceptors (Lipinski definition) is 5. The molecule has 3 aromatic carbocycles. The molecule has 0 aliphatic carbocycles. The van der Waals surface area contributed by atoms with Gasteiger partial charge in [0.05, 0.1) is 12.7 Å².